The molecule has 1 aromatic heterocycles. The normalized spacial score (nSPS) is 12.3. The lowest BCUT2D eigenvalue weighted by Crippen LogP contribution is -2.21. The average Bonchev–Trinajstić information content (AvgIpc) is 2.74. The van der Waals surface area contributed by atoms with Gasteiger partial charge in [0.1, 0.15) is 6.04 Å². The largest absolute Gasteiger partial charge is 0.480 e. The molecule has 0 saturated carbocycles. The van der Waals surface area contributed by atoms with E-state index in [1.165, 1.54) is 6.20 Å². The quantitative estimate of drug-likeness (QED) is 0.616. The summed E-state index contributed by atoms with van der Waals surface area (Å²) in [5.41, 5.74) is 6.80. The molecule has 1 atom stereocenters. The van der Waals surface area contributed by atoms with Crippen molar-refractivity contribution in [3.05, 3.63) is 46.5 Å². The van der Waals surface area contributed by atoms with Crippen LogP contribution in [0.2, 0.25) is 0 Å². The second-order valence-electron chi connectivity index (χ2n) is 3.56. The molecule has 2 rings (SSSR count). The molecule has 0 radical (unpaired) electrons. The van der Waals surface area contributed by atoms with Crippen LogP contribution < -0.4 is 11.4 Å². The first-order valence-corrected chi connectivity index (χ1v) is 4.95. The van der Waals surface area contributed by atoms with Crippen molar-refractivity contribution in [3.8, 4) is 11.3 Å². The fourth-order valence-electron chi connectivity index (χ4n) is 1.62. The molecule has 88 valence electrons. The van der Waals surface area contributed by atoms with Crippen LogP contribution in [-0.2, 0) is 4.79 Å². The lowest BCUT2D eigenvalue weighted by Gasteiger charge is -2.11. The minimum Gasteiger partial charge on any atom is -0.480 e. The van der Waals surface area contributed by atoms with E-state index in [0.29, 0.717) is 16.8 Å². The summed E-state index contributed by atoms with van der Waals surface area (Å²) < 4.78 is 0. The van der Waals surface area contributed by atoms with Gasteiger partial charge in [-0.1, -0.05) is 24.3 Å². The Labute approximate surface area is 96.1 Å². The molecule has 1 unspecified atom stereocenters. The summed E-state index contributed by atoms with van der Waals surface area (Å²) in [6.07, 6.45) is 1.48. The van der Waals surface area contributed by atoms with Gasteiger partial charge in [-0.3, -0.25) is 4.79 Å². The van der Waals surface area contributed by atoms with Crippen molar-refractivity contribution in [3.63, 3.8) is 0 Å². The van der Waals surface area contributed by atoms with Gasteiger partial charge in [-0.15, -0.1) is 0 Å². The first-order chi connectivity index (χ1) is 8.09. The van der Waals surface area contributed by atoms with Crippen LogP contribution in [0.1, 0.15) is 11.6 Å². The molecule has 0 spiro atoms. The second kappa shape index (κ2) is 4.26. The number of hydrogen-bond acceptors (Lipinski definition) is 3. The third kappa shape index (κ3) is 2.11. The zero-order valence-corrected chi connectivity index (χ0v) is 8.81. The van der Waals surface area contributed by atoms with Crippen molar-refractivity contribution >= 4 is 5.97 Å². The van der Waals surface area contributed by atoms with Crippen LogP contribution >= 0.6 is 0 Å². The van der Waals surface area contributed by atoms with E-state index < -0.39 is 12.0 Å². The summed E-state index contributed by atoms with van der Waals surface area (Å²) in [5, 5.41) is 8.91. The number of nitrogens with one attached hydrogen (secondary N) is 2. The summed E-state index contributed by atoms with van der Waals surface area (Å²) in [7, 11) is 0. The highest BCUT2D eigenvalue weighted by Crippen LogP contribution is 2.24. The molecule has 0 aliphatic carbocycles. The van der Waals surface area contributed by atoms with Crippen LogP contribution in [0.5, 0.6) is 0 Å². The minimum absolute atomic E-state index is 0.348. The molecule has 0 fully saturated rings. The standard InChI is InChI=1S/C11H11N3O3/c12-9(10(15)16)7-4-2-1-3-6(7)8-5-13-11(17)14-8/h1-5,9H,12H2,(H,15,16)(H2,13,14,17). The number of aliphatic carboxylic acids is 1. The molecule has 0 aliphatic rings. The molecule has 1 aromatic carbocycles. The third-order valence-electron chi connectivity index (χ3n) is 2.45. The molecule has 0 bridgehead atoms. The van der Waals surface area contributed by atoms with Crippen LogP contribution in [0.25, 0.3) is 11.3 Å². The molecule has 0 saturated heterocycles. The number of H-pyrrole nitrogens is 2. The Kier molecular flexibility index (Phi) is 2.80. The first-order valence-electron chi connectivity index (χ1n) is 4.95. The SMILES string of the molecule is NC(C(=O)O)c1ccccc1-c1c[nH]c(=O)[nH]1. The van der Waals surface area contributed by atoms with Crippen molar-refractivity contribution in [2.45, 2.75) is 6.04 Å². The van der Waals surface area contributed by atoms with Gasteiger partial charge in [-0.05, 0) is 5.56 Å². The van der Waals surface area contributed by atoms with Crippen LogP contribution in [0.15, 0.2) is 35.3 Å². The van der Waals surface area contributed by atoms with Crippen molar-refractivity contribution in [1.82, 2.24) is 9.97 Å². The molecule has 6 nitrogen and oxygen atoms in total. The maximum Gasteiger partial charge on any atom is 0.325 e. The zero-order chi connectivity index (χ0) is 12.4. The van der Waals surface area contributed by atoms with Gasteiger partial charge in [0.15, 0.2) is 0 Å². The van der Waals surface area contributed by atoms with E-state index in [-0.39, 0.29) is 5.69 Å². The van der Waals surface area contributed by atoms with Gasteiger partial charge >= 0.3 is 11.7 Å². The van der Waals surface area contributed by atoms with Crippen LogP contribution in [0.3, 0.4) is 0 Å². The lowest BCUT2D eigenvalue weighted by molar-refractivity contribution is -0.138. The Balaban J connectivity index is 2.55. The summed E-state index contributed by atoms with van der Waals surface area (Å²) in [5.74, 6) is -1.12. The van der Waals surface area contributed by atoms with Crippen molar-refractivity contribution < 1.29 is 9.90 Å². The lowest BCUT2D eigenvalue weighted by atomic mass is 9.99. The number of hydrogen-bond donors (Lipinski definition) is 4. The summed E-state index contributed by atoms with van der Waals surface area (Å²) in [6.45, 7) is 0. The summed E-state index contributed by atoms with van der Waals surface area (Å²) >= 11 is 0. The Hall–Kier alpha value is -2.34. The van der Waals surface area contributed by atoms with Crippen LogP contribution in [0.4, 0.5) is 0 Å². The number of rotatable bonds is 3. The van der Waals surface area contributed by atoms with Crippen molar-refractivity contribution in [2.75, 3.05) is 0 Å². The number of aromatic amines is 2. The highest BCUT2D eigenvalue weighted by molar-refractivity contribution is 5.79. The molecule has 6 heteroatoms. The molecule has 1 heterocycles. The van der Waals surface area contributed by atoms with Gasteiger partial charge in [-0.25, -0.2) is 4.79 Å². The number of benzene rings is 1. The number of carboxylic acids is 1. The minimum atomic E-state index is -1.12. The maximum absolute atomic E-state index is 11.0. The Bertz CT molecular complexity index is 600. The summed E-state index contributed by atoms with van der Waals surface area (Å²) in [6, 6.07) is 5.66. The van der Waals surface area contributed by atoms with Crippen molar-refractivity contribution in [1.29, 1.82) is 0 Å². The highest BCUT2D eigenvalue weighted by Gasteiger charge is 2.18. The van der Waals surface area contributed by atoms with E-state index >= 15 is 0 Å². The average molecular weight is 233 g/mol. The van der Waals surface area contributed by atoms with E-state index in [1.54, 1.807) is 24.3 Å². The number of nitrogens with two attached hydrogens (primary N) is 1. The van der Waals surface area contributed by atoms with Gasteiger partial charge in [0, 0.05) is 11.8 Å². The Morgan fingerprint density at radius 1 is 1.35 bits per heavy atom. The van der Waals surface area contributed by atoms with Gasteiger partial charge in [0.25, 0.3) is 0 Å². The van der Waals surface area contributed by atoms with Gasteiger partial charge in [0.2, 0.25) is 0 Å². The highest BCUT2D eigenvalue weighted by atomic mass is 16.4. The molecule has 0 amide bonds. The van der Waals surface area contributed by atoms with Crippen LogP contribution in [-0.4, -0.2) is 21.0 Å². The van der Waals surface area contributed by atoms with Gasteiger partial charge < -0.3 is 20.8 Å². The molecule has 17 heavy (non-hydrogen) atoms. The summed E-state index contributed by atoms with van der Waals surface area (Å²) in [4.78, 5) is 26.9. The fraction of sp³-hybridized carbons (Fsp3) is 0.0909. The number of carboxylic acid groups (broad SMARTS) is 1. The smallest absolute Gasteiger partial charge is 0.325 e. The van der Waals surface area contributed by atoms with E-state index in [0.717, 1.165) is 0 Å². The van der Waals surface area contributed by atoms with Crippen LogP contribution in [0, 0.1) is 0 Å². The maximum atomic E-state index is 11.0. The predicted molar refractivity (Wildman–Crippen MR) is 61.4 cm³/mol. The van der Waals surface area contributed by atoms with E-state index in [1.807, 2.05) is 0 Å². The number of carbonyl (C=O) groups is 1. The molecular weight excluding hydrogens is 222 g/mol. The third-order valence-corrected chi connectivity index (χ3v) is 2.45. The number of aromatic nitrogens is 2. The molecule has 5 N–H and O–H groups in total. The fourth-order valence-corrected chi connectivity index (χ4v) is 1.62. The predicted octanol–water partition coefficient (Wildman–Crippen LogP) is 0.454. The van der Waals surface area contributed by atoms with Crippen molar-refractivity contribution in [2.24, 2.45) is 5.73 Å². The topological polar surface area (TPSA) is 112 Å². The Morgan fingerprint density at radius 2 is 2.06 bits per heavy atom. The molecule has 2 aromatic rings. The molecular formula is C11H11N3O3. The number of imidazole rings is 1. The zero-order valence-electron chi connectivity index (χ0n) is 8.81. The van der Waals surface area contributed by atoms with E-state index in [4.69, 9.17) is 10.8 Å². The van der Waals surface area contributed by atoms with E-state index in [2.05, 4.69) is 9.97 Å². The van der Waals surface area contributed by atoms with E-state index in [9.17, 15) is 9.59 Å². The second-order valence-corrected chi connectivity index (χ2v) is 3.56. The molecule has 0 aliphatic heterocycles. The van der Waals surface area contributed by atoms with Gasteiger partial charge in [0.05, 0.1) is 5.69 Å². The Morgan fingerprint density at radius 3 is 2.65 bits per heavy atom. The van der Waals surface area contributed by atoms with Gasteiger partial charge in [-0.2, -0.15) is 0 Å². The monoisotopic (exact) mass is 233 g/mol. The first kappa shape index (κ1) is 11.2.